The minimum Gasteiger partial charge on any atom is -0.383 e. The number of fused-ring (bicyclic) bond motifs is 1. The molecule has 0 saturated carbocycles. The molecule has 0 unspecified atom stereocenters. The van der Waals surface area contributed by atoms with Gasteiger partial charge in [-0.3, -0.25) is 9.59 Å². The maximum absolute atomic E-state index is 12.9. The summed E-state index contributed by atoms with van der Waals surface area (Å²) in [5.41, 5.74) is 2.04. The Hall–Kier alpha value is -2.77. The van der Waals surface area contributed by atoms with Crippen molar-refractivity contribution in [2.45, 2.75) is 18.8 Å². The number of carbonyl (C=O) groups excluding carboxylic acids is 2. The van der Waals surface area contributed by atoms with Gasteiger partial charge in [0.25, 0.3) is 5.91 Å². The van der Waals surface area contributed by atoms with Crippen molar-refractivity contribution in [3.05, 3.63) is 64.7 Å². The minimum absolute atomic E-state index is 0.0980. The summed E-state index contributed by atoms with van der Waals surface area (Å²) in [6, 6.07) is 13.7. The smallest absolute Gasteiger partial charge is 0.261 e. The van der Waals surface area contributed by atoms with Gasteiger partial charge in [-0.1, -0.05) is 36.4 Å². The van der Waals surface area contributed by atoms with Crippen molar-refractivity contribution in [1.29, 1.82) is 0 Å². The van der Waals surface area contributed by atoms with Crippen LogP contribution in [0.5, 0.6) is 0 Å². The summed E-state index contributed by atoms with van der Waals surface area (Å²) < 4.78 is 5.04. The molecule has 156 valence electrons. The van der Waals surface area contributed by atoms with Crippen molar-refractivity contribution >= 4 is 33.4 Å². The molecular formula is C23H25N3O3S. The average Bonchev–Trinajstić information content (AvgIpc) is 3.39. The third kappa shape index (κ3) is 4.37. The Kier molecular flexibility index (Phi) is 6.40. The number of carbonyl (C=O) groups is 2. The number of thiophene rings is 1. The SMILES string of the molecule is COCCNC(=O)c1sc2ncccc2c1[C@H]1CCN(C(=O)Cc2ccccc2)C1. The Morgan fingerprint density at radius 2 is 2.07 bits per heavy atom. The van der Waals surface area contributed by atoms with Gasteiger partial charge in [0.2, 0.25) is 5.91 Å². The van der Waals surface area contributed by atoms with Crippen molar-refractivity contribution < 1.29 is 14.3 Å². The second-order valence-corrected chi connectivity index (χ2v) is 8.44. The molecule has 6 nitrogen and oxygen atoms in total. The summed E-state index contributed by atoms with van der Waals surface area (Å²) >= 11 is 1.42. The van der Waals surface area contributed by atoms with E-state index in [4.69, 9.17) is 4.74 Å². The summed E-state index contributed by atoms with van der Waals surface area (Å²) in [5.74, 6) is 0.164. The fourth-order valence-electron chi connectivity index (χ4n) is 3.98. The van der Waals surface area contributed by atoms with Crippen LogP contribution >= 0.6 is 11.3 Å². The molecule has 1 aliphatic rings. The van der Waals surface area contributed by atoms with E-state index in [1.165, 1.54) is 11.3 Å². The van der Waals surface area contributed by atoms with Crippen molar-refractivity contribution in [1.82, 2.24) is 15.2 Å². The molecule has 4 rings (SSSR count). The zero-order chi connectivity index (χ0) is 20.9. The van der Waals surface area contributed by atoms with Crippen molar-refractivity contribution in [2.24, 2.45) is 0 Å². The van der Waals surface area contributed by atoms with Gasteiger partial charge in [-0.15, -0.1) is 11.3 Å². The van der Waals surface area contributed by atoms with E-state index in [-0.39, 0.29) is 17.7 Å². The Morgan fingerprint density at radius 3 is 2.87 bits per heavy atom. The van der Waals surface area contributed by atoms with Gasteiger partial charge in [0.15, 0.2) is 0 Å². The quantitative estimate of drug-likeness (QED) is 0.593. The first-order valence-electron chi connectivity index (χ1n) is 10.1. The summed E-state index contributed by atoms with van der Waals surface area (Å²) in [4.78, 5) is 33.6. The molecule has 1 N–H and O–H groups in total. The molecule has 0 radical (unpaired) electrons. The summed E-state index contributed by atoms with van der Waals surface area (Å²) in [6.45, 7) is 2.27. The van der Waals surface area contributed by atoms with E-state index in [1.54, 1.807) is 13.3 Å². The third-order valence-electron chi connectivity index (χ3n) is 5.45. The maximum Gasteiger partial charge on any atom is 0.261 e. The predicted octanol–water partition coefficient (Wildman–Crippen LogP) is 3.23. The summed E-state index contributed by atoms with van der Waals surface area (Å²) in [7, 11) is 1.61. The van der Waals surface area contributed by atoms with Crippen LogP contribution in [0.2, 0.25) is 0 Å². The van der Waals surface area contributed by atoms with E-state index < -0.39 is 0 Å². The molecule has 3 aromatic rings. The molecule has 1 atom stereocenters. The normalized spacial score (nSPS) is 16.2. The molecule has 1 aliphatic heterocycles. The fraction of sp³-hybridized carbons (Fsp3) is 0.348. The standard InChI is InChI=1S/C23H25N3O3S/c1-29-13-11-24-22(28)21-20(18-8-5-10-25-23(18)30-21)17-9-12-26(15-17)19(27)14-16-6-3-2-4-7-16/h2-8,10,17H,9,11-15H2,1H3,(H,24,28)/t17-/m0/s1. The van der Waals surface area contributed by atoms with Gasteiger partial charge in [0.05, 0.1) is 17.9 Å². The zero-order valence-electron chi connectivity index (χ0n) is 17.0. The number of methoxy groups -OCH3 is 1. The first kappa shape index (κ1) is 20.5. The lowest BCUT2D eigenvalue weighted by Gasteiger charge is -2.17. The van der Waals surface area contributed by atoms with Crippen LogP contribution < -0.4 is 5.32 Å². The number of rotatable bonds is 7. The van der Waals surface area contributed by atoms with Gasteiger partial charge in [0, 0.05) is 44.2 Å². The van der Waals surface area contributed by atoms with Gasteiger partial charge >= 0.3 is 0 Å². The van der Waals surface area contributed by atoms with Gasteiger partial charge in [0.1, 0.15) is 4.83 Å². The number of nitrogens with one attached hydrogen (secondary N) is 1. The topological polar surface area (TPSA) is 71.5 Å². The van der Waals surface area contributed by atoms with E-state index >= 15 is 0 Å². The third-order valence-corrected chi connectivity index (χ3v) is 6.58. The van der Waals surface area contributed by atoms with Crippen LogP contribution in [0.25, 0.3) is 10.2 Å². The lowest BCUT2D eigenvalue weighted by Crippen LogP contribution is -2.30. The number of nitrogens with zero attached hydrogens (tertiary/aromatic N) is 2. The largest absolute Gasteiger partial charge is 0.383 e. The lowest BCUT2D eigenvalue weighted by molar-refractivity contribution is -0.129. The zero-order valence-corrected chi connectivity index (χ0v) is 17.8. The number of likely N-dealkylation sites (tertiary alicyclic amines) is 1. The summed E-state index contributed by atoms with van der Waals surface area (Å²) in [6.07, 6.45) is 3.00. The number of hydrogen-bond acceptors (Lipinski definition) is 5. The van der Waals surface area contributed by atoms with E-state index in [0.29, 0.717) is 37.5 Å². The molecule has 0 spiro atoms. The van der Waals surface area contributed by atoms with Crippen LogP contribution in [-0.2, 0) is 16.0 Å². The van der Waals surface area contributed by atoms with Crippen molar-refractivity contribution in [2.75, 3.05) is 33.4 Å². The second kappa shape index (κ2) is 9.36. The fourth-order valence-corrected chi connectivity index (χ4v) is 5.12. The molecule has 0 bridgehead atoms. The molecule has 30 heavy (non-hydrogen) atoms. The van der Waals surface area contributed by atoms with Crippen LogP contribution in [0.3, 0.4) is 0 Å². The molecule has 2 amide bonds. The Morgan fingerprint density at radius 1 is 1.23 bits per heavy atom. The van der Waals surface area contributed by atoms with E-state index in [2.05, 4.69) is 10.3 Å². The van der Waals surface area contributed by atoms with Crippen LogP contribution in [0.15, 0.2) is 48.7 Å². The Balaban J connectivity index is 1.54. The monoisotopic (exact) mass is 423 g/mol. The van der Waals surface area contributed by atoms with Crippen LogP contribution in [0.1, 0.15) is 33.1 Å². The van der Waals surface area contributed by atoms with Crippen molar-refractivity contribution in [3.63, 3.8) is 0 Å². The minimum atomic E-state index is -0.0980. The number of hydrogen-bond donors (Lipinski definition) is 1. The highest BCUT2D eigenvalue weighted by Gasteiger charge is 2.32. The number of benzene rings is 1. The first-order chi connectivity index (χ1) is 14.7. The van der Waals surface area contributed by atoms with Crippen molar-refractivity contribution in [3.8, 4) is 0 Å². The van der Waals surface area contributed by atoms with Gasteiger partial charge in [-0.25, -0.2) is 4.98 Å². The second-order valence-electron chi connectivity index (χ2n) is 7.44. The number of amides is 2. The highest BCUT2D eigenvalue weighted by Crippen LogP contribution is 2.39. The van der Waals surface area contributed by atoms with E-state index in [0.717, 1.165) is 27.8 Å². The molecule has 2 aromatic heterocycles. The number of pyridine rings is 1. The number of ether oxygens (including phenoxy) is 1. The predicted molar refractivity (Wildman–Crippen MR) is 118 cm³/mol. The Bertz CT molecular complexity index is 1030. The van der Waals surface area contributed by atoms with Gasteiger partial charge in [-0.05, 0) is 23.6 Å². The summed E-state index contributed by atoms with van der Waals surface area (Å²) in [5, 5.41) is 3.95. The molecule has 1 fully saturated rings. The van der Waals surface area contributed by atoms with E-state index in [9.17, 15) is 9.59 Å². The molecular weight excluding hydrogens is 398 g/mol. The molecule has 1 aromatic carbocycles. The van der Waals surface area contributed by atoms with Crippen LogP contribution in [0, 0.1) is 0 Å². The molecule has 1 saturated heterocycles. The first-order valence-corrected chi connectivity index (χ1v) is 10.9. The molecule has 0 aliphatic carbocycles. The van der Waals surface area contributed by atoms with E-state index in [1.807, 2.05) is 47.4 Å². The number of aromatic nitrogens is 1. The van der Waals surface area contributed by atoms with Gasteiger partial charge in [-0.2, -0.15) is 0 Å². The molecule has 3 heterocycles. The average molecular weight is 424 g/mol. The Labute approximate surface area is 179 Å². The van der Waals surface area contributed by atoms with Gasteiger partial charge < -0.3 is 15.0 Å². The molecule has 7 heteroatoms. The maximum atomic E-state index is 12.9. The van der Waals surface area contributed by atoms with Crippen LogP contribution in [0.4, 0.5) is 0 Å². The lowest BCUT2D eigenvalue weighted by atomic mass is 9.95. The highest BCUT2D eigenvalue weighted by molar-refractivity contribution is 7.20. The van der Waals surface area contributed by atoms with Crippen LogP contribution in [-0.4, -0.2) is 55.0 Å². The highest BCUT2D eigenvalue weighted by atomic mass is 32.1.